The number of H-pyrrole nitrogens is 1. The van der Waals surface area contributed by atoms with Crippen LogP contribution in [0.1, 0.15) is 25.3 Å². The molecule has 0 aliphatic rings. The summed E-state index contributed by atoms with van der Waals surface area (Å²) in [7, 11) is 0. The van der Waals surface area contributed by atoms with E-state index in [-0.39, 0.29) is 11.3 Å². The van der Waals surface area contributed by atoms with Crippen LogP contribution in [0.5, 0.6) is 5.88 Å². The zero-order valence-electron chi connectivity index (χ0n) is 10.6. The van der Waals surface area contributed by atoms with Gasteiger partial charge in [0.05, 0.1) is 5.52 Å². The van der Waals surface area contributed by atoms with Crippen molar-refractivity contribution in [2.24, 2.45) is 0 Å². The summed E-state index contributed by atoms with van der Waals surface area (Å²) < 4.78 is 4.49. The number of aromatic amines is 1. The Morgan fingerprint density at radius 3 is 2.84 bits per heavy atom. The Balaban J connectivity index is 2.44. The minimum atomic E-state index is -1.45. The molecule has 5 nitrogen and oxygen atoms in total. The number of ether oxygens (including phenoxy) is 1. The highest BCUT2D eigenvalue weighted by Gasteiger charge is 2.07. The third-order valence-electron chi connectivity index (χ3n) is 2.89. The van der Waals surface area contributed by atoms with Gasteiger partial charge in [0, 0.05) is 11.5 Å². The molecule has 0 unspecified atom stereocenters. The summed E-state index contributed by atoms with van der Waals surface area (Å²) in [4.78, 5) is 25.1. The molecule has 100 valence electrons. The van der Waals surface area contributed by atoms with Crippen LogP contribution in [0, 0.1) is 0 Å². The number of rotatable bonds is 4. The largest absolute Gasteiger partial charge is 0.512 e. The predicted molar refractivity (Wildman–Crippen MR) is 71.8 cm³/mol. The molecule has 0 aliphatic carbocycles. The van der Waals surface area contributed by atoms with Crippen molar-refractivity contribution in [1.82, 2.24) is 4.98 Å². The van der Waals surface area contributed by atoms with Crippen molar-refractivity contribution < 1.29 is 14.6 Å². The highest BCUT2D eigenvalue weighted by molar-refractivity contribution is 5.80. The van der Waals surface area contributed by atoms with Gasteiger partial charge in [-0.25, -0.2) is 4.79 Å². The third kappa shape index (κ3) is 3.13. The van der Waals surface area contributed by atoms with Crippen molar-refractivity contribution in [2.45, 2.75) is 26.2 Å². The van der Waals surface area contributed by atoms with Crippen molar-refractivity contribution >= 4 is 17.1 Å². The zero-order valence-corrected chi connectivity index (χ0v) is 10.6. The van der Waals surface area contributed by atoms with Crippen molar-refractivity contribution in [1.29, 1.82) is 0 Å². The number of carbonyl (C=O) groups is 1. The molecule has 0 spiro atoms. The van der Waals surface area contributed by atoms with Gasteiger partial charge in [-0.05, 0) is 30.5 Å². The molecular weight excluding hydrogens is 246 g/mol. The number of benzene rings is 1. The van der Waals surface area contributed by atoms with Gasteiger partial charge >= 0.3 is 6.16 Å². The molecule has 0 saturated carbocycles. The number of pyridine rings is 1. The Hall–Kier alpha value is -2.30. The molecular formula is C14H15NO4. The average Bonchev–Trinajstić information content (AvgIpc) is 2.35. The first-order chi connectivity index (χ1) is 9.10. The Morgan fingerprint density at radius 1 is 1.37 bits per heavy atom. The molecule has 0 bridgehead atoms. The minimum Gasteiger partial charge on any atom is -0.449 e. The van der Waals surface area contributed by atoms with Crippen molar-refractivity contribution in [3.63, 3.8) is 0 Å². The van der Waals surface area contributed by atoms with Gasteiger partial charge in [0.15, 0.2) is 5.43 Å². The second-order valence-corrected chi connectivity index (χ2v) is 4.35. The lowest BCUT2D eigenvalue weighted by Crippen LogP contribution is -2.09. The van der Waals surface area contributed by atoms with Crippen LogP contribution in [0.15, 0.2) is 29.1 Å². The quantitative estimate of drug-likeness (QED) is 0.829. The lowest BCUT2D eigenvalue weighted by atomic mass is 10.1. The van der Waals surface area contributed by atoms with Gasteiger partial charge in [-0.1, -0.05) is 19.4 Å². The molecule has 2 rings (SSSR count). The van der Waals surface area contributed by atoms with E-state index in [1.54, 1.807) is 6.07 Å². The number of hydrogen-bond acceptors (Lipinski definition) is 3. The second kappa shape index (κ2) is 5.56. The molecule has 0 radical (unpaired) electrons. The number of hydrogen-bond donors (Lipinski definition) is 2. The summed E-state index contributed by atoms with van der Waals surface area (Å²) >= 11 is 0. The molecule has 0 amide bonds. The molecule has 19 heavy (non-hydrogen) atoms. The maximum Gasteiger partial charge on any atom is 0.512 e. The molecule has 1 aromatic heterocycles. The molecule has 0 saturated heterocycles. The molecule has 1 heterocycles. The van der Waals surface area contributed by atoms with Crippen molar-refractivity contribution in [3.8, 4) is 5.88 Å². The maximum atomic E-state index is 11.8. The molecule has 0 fully saturated rings. The first-order valence-electron chi connectivity index (χ1n) is 6.17. The van der Waals surface area contributed by atoms with Crippen LogP contribution >= 0.6 is 0 Å². The molecule has 5 heteroatoms. The maximum absolute atomic E-state index is 11.8. The van der Waals surface area contributed by atoms with Crippen LogP contribution in [0.25, 0.3) is 10.9 Å². The number of unbranched alkanes of at least 4 members (excludes halogenated alkanes) is 1. The average molecular weight is 261 g/mol. The SMILES string of the molecule is CCCCc1ccc2c(=O)cc(OC(=O)O)[nH]c2c1. The summed E-state index contributed by atoms with van der Waals surface area (Å²) in [5.41, 5.74) is 1.45. The summed E-state index contributed by atoms with van der Waals surface area (Å²) in [6.07, 6.45) is 1.65. The van der Waals surface area contributed by atoms with Gasteiger partial charge in [0.1, 0.15) is 0 Å². The first-order valence-corrected chi connectivity index (χ1v) is 6.17. The third-order valence-corrected chi connectivity index (χ3v) is 2.89. The monoisotopic (exact) mass is 261 g/mol. The molecule has 2 aromatic rings. The van der Waals surface area contributed by atoms with E-state index in [1.807, 2.05) is 12.1 Å². The normalized spacial score (nSPS) is 10.6. The standard InChI is InChI=1S/C14H15NO4/c1-2-3-4-9-5-6-10-11(7-9)15-13(8-12(10)16)19-14(17)18/h5-8H,2-4H2,1H3,(H,15,16)(H,17,18). The number of aromatic nitrogens is 1. The molecule has 2 N–H and O–H groups in total. The Morgan fingerprint density at radius 2 is 2.16 bits per heavy atom. The summed E-state index contributed by atoms with van der Waals surface area (Å²) in [5, 5.41) is 9.08. The number of carboxylic acid groups (broad SMARTS) is 1. The van der Waals surface area contributed by atoms with Crippen LogP contribution in [0.4, 0.5) is 4.79 Å². The molecule has 0 atom stereocenters. The van der Waals surface area contributed by atoms with Crippen molar-refractivity contribution in [2.75, 3.05) is 0 Å². The van der Waals surface area contributed by atoms with Crippen LogP contribution in [-0.4, -0.2) is 16.2 Å². The van der Waals surface area contributed by atoms with E-state index < -0.39 is 6.16 Å². The van der Waals surface area contributed by atoms with Gasteiger partial charge in [-0.15, -0.1) is 0 Å². The highest BCUT2D eigenvalue weighted by atomic mass is 16.7. The van der Waals surface area contributed by atoms with Gasteiger partial charge < -0.3 is 14.8 Å². The van der Waals surface area contributed by atoms with Crippen LogP contribution in [-0.2, 0) is 6.42 Å². The van der Waals surface area contributed by atoms with E-state index in [4.69, 9.17) is 5.11 Å². The Labute approximate surface area is 109 Å². The van der Waals surface area contributed by atoms with Gasteiger partial charge in [-0.3, -0.25) is 4.79 Å². The van der Waals surface area contributed by atoms with Gasteiger partial charge in [-0.2, -0.15) is 0 Å². The lowest BCUT2D eigenvalue weighted by molar-refractivity contribution is 0.142. The first kappa shape index (κ1) is 13.1. The van der Waals surface area contributed by atoms with Crippen LogP contribution in [0.3, 0.4) is 0 Å². The van der Waals surface area contributed by atoms with Gasteiger partial charge in [0.2, 0.25) is 5.88 Å². The molecule has 0 aliphatic heterocycles. The number of nitrogens with one attached hydrogen (secondary N) is 1. The van der Waals surface area contributed by atoms with E-state index in [0.717, 1.165) is 30.9 Å². The summed E-state index contributed by atoms with van der Waals surface area (Å²) in [5.74, 6) is -0.0577. The predicted octanol–water partition coefficient (Wildman–Crippen LogP) is 2.93. The van der Waals surface area contributed by atoms with E-state index in [0.29, 0.717) is 10.9 Å². The van der Waals surface area contributed by atoms with E-state index >= 15 is 0 Å². The second-order valence-electron chi connectivity index (χ2n) is 4.35. The minimum absolute atomic E-state index is 0.0577. The smallest absolute Gasteiger partial charge is 0.449 e. The fourth-order valence-electron chi connectivity index (χ4n) is 1.96. The Kier molecular flexibility index (Phi) is 3.85. The van der Waals surface area contributed by atoms with E-state index in [1.165, 1.54) is 0 Å². The fourth-order valence-corrected chi connectivity index (χ4v) is 1.96. The van der Waals surface area contributed by atoms with E-state index in [2.05, 4.69) is 16.6 Å². The topological polar surface area (TPSA) is 79.4 Å². The highest BCUT2D eigenvalue weighted by Crippen LogP contribution is 2.16. The summed E-state index contributed by atoms with van der Waals surface area (Å²) in [6.45, 7) is 2.11. The zero-order chi connectivity index (χ0) is 13.8. The van der Waals surface area contributed by atoms with Crippen LogP contribution in [0.2, 0.25) is 0 Å². The lowest BCUT2D eigenvalue weighted by Gasteiger charge is -2.05. The number of fused-ring (bicyclic) bond motifs is 1. The van der Waals surface area contributed by atoms with Crippen molar-refractivity contribution in [3.05, 3.63) is 40.1 Å². The molecule has 1 aromatic carbocycles. The van der Waals surface area contributed by atoms with E-state index in [9.17, 15) is 9.59 Å². The summed E-state index contributed by atoms with van der Waals surface area (Å²) in [6, 6.07) is 6.68. The fraction of sp³-hybridized carbons (Fsp3) is 0.286. The van der Waals surface area contributed by atoms with Crippen LogP contribution < -0.4 is 10.2 Å². The Bertz CT molecular complexity index is 660. The van der Waals surface area contributed by atoms with Gasteiger partial charge in [0.25, 0.3) is 0 Å². The number of aryl methyl sites for hydroxylation is 1.